The average molecular weight is 779 g/mol. The van der Waals surface area contributed by atoms with Crippen LogP contribution in [0.2, 0.25) is 0 Å². The van der Waals surface area contributed by atoms with Crippen molar-refractivity contribution in [2.45, 2.75) is 232 Å². The number of carbonyl (C=O) groups is 2. The van der Waals surface area contributed by atoms with Gasteiger partial charge in [-0.1, -0.05) is 194 Å². The van der Waals surface area contributed by atoms with E-state index in [-0.39, 0.29) is 19.4 Å². The number of carbonyl (C=O) groups excluding carboxylic acids is 2. The Morgan fingerprint density at radius 2 is 0.811 bits per heavy atom. The number of aliphatic hydroxyl groups is 2. The summed E-state index contributed by atoms with van der Waals surface area (Å²) in [6, 6.07) is 0. The zero-order valence-electron chi connectivity index (χ0n) is 34.3. The lowest BCUT2D eigenvalue weighted by Gasteiger charge is -2.20. The van der Waals surface area contributed by atoms with Crippen molar-refractivity contribution in [1.29, 1.82) is 0 Å². The van der Waals surface area contributed by atoms with E-state index in [1.807, 2.05) is 0 Å². The molecule has 0 aliphatic rings. The van der Waals surface area contributed by atoms with Crippen molar-refractivity contribution >= 4 is 19.8 Å². The van der Waals surface area contributed by atoms with Gasteiger partial charge in [-0.15, -0.1) is 0 Å². The lowest BCUT2D eigenvalue weighted by atomic mass is 10.0. The molecule has 0 heterocycles. The summed E-state index contributed by atoms with van der Waals surface area (Å²) in [5.74, 6) is -0.912. The monoisotopic (exact) mass is 779 g/mol. The second kappa shape index (κ2) is 39.2. The van der Waals surface area contributed by atoms with Crippen LogP contribution in [0.15, 0.2) is 0 Å². The van der Waals surface area contributed by atoms with Crippen molar-refractivity contribution in [2.24, 2.45) is 0 Å². The van der Waals surface area contributed by atoms with Gasteiger partial charge in [0.15, 0.2) is 6.10 Å². The third-order valence-electron chi connectivity index (χ3n) is 9.76. The molecule has 0 fully saturated rings. The molecule has 1 unspecified atom stereocenters. The average Bonchev–Trinajstić information content (AvgIpc) is 3.14. The highest BCUT2D eigenvalue weighted by atomic mass is 31.2. The SMILES string of the molecule is CCCCCCCCCCCCCCCCCCCCCCC(=O)O[C@H](COC(=O)CCCCCCCCCCCC)COP(=O)(O)OC[C@@H](O)CO. The second-order valence-electron chi connectivity index (χ2n) is 15.1. The summed E-state index contributed by atoms with van der Waals surface area (Å²) in [5, 5.41) is 18.3. The quantitative estimate of drug-likeness (QED) is 0.0310. The first-order valence-electron chi connectivity index (χ1n) is 22.0. The van der Waals surface area contributed by atoms with Gasteiger partial charge in [0.25, 0.3) is 0 Å². The van der Waals surface area contributed by atoms with E-state index in [0.29, 0.717) is 12.8 Å². The molecule has 0 saturated heterocycles. The number of ether oxygens (including phenoxy) is 2. The third-order valence-corrected chi connectivity index (χ3v) is 10.7. The van der Waals surface area contributed by atoms with Crippen LogP contribution in [-0.2, 0) is 32.7 Å². The van der Waals surface area contributed by atoms with Crippen LogP contribution in [0.1, 0.15) is 219 Å². The van der Waals surface area contributed by atoms with Crippen LogP contribution in [0, 0.1) is 0 Å². The fourth-order valence-corrected chi connectivity index (χ4v) is 7.14. The molecule has 10 nitrogen and oxygen atoms in total. The standard InChI is InChI=1S/C42H83O10P/c1-3-5-7-9-11-13-15-16-17-18-19-20-21-22-23-24-26-28-30-32-34-42(46)52-40(38-51-53(47,48)50-36-39(44)35-43)37-49-41(45)33-31-29-27-25-14-12-10-8-6-4-2/h39-40,43-44H,3-38H2,1-2H3,(H,47,48)/t39-,40+/m0/s1. The molecule has 316 valence electrons. The van der Waals surface area contributed by atoms with Crippen LogP contribution in [0.5, 0.6) is 0 Å². The molecule has 53 heavy (non-hydrogen) atoms. The molecule has 0 radical (unpaired) electrons. The number of unbranched alkanes of at least 4 members (excludes halogenated alkanes) is 28. The van der Waals surface area contributed by atoms with Crippen molar-refractivity contribution < 1.29 is 47.8 Å². The molecule has 3 atom stereocenters. The Balaban J connectivity index is 4.16. The minimum Gasteiger partial charge on any atom is -0.462 e. The Morgan fingerprint density at radius 3 is 1.17 bits per heavy atom. The maximum absolute atomic E-state index is 12.6. The number of phosphoric acid groups is 1. The molecular formula is C42H83O10P. The zero-order valence-corrected chi connectivity index (χ0v) is 35.2. The Morgan fingerprint density at radius 1 is 0.491 bits per heavy atom. The maximum Gasteiger partial charge on any atom is 0.472 e. The van der Waals surface area contributed by atoms with Gasteiger partial charge in [-0.2, -0.15) is 0 Å². The topological polar surface area (TPSA) is 149 Å². The Bertz CT molecular complexity index is 858. The number of aliphatic hydroxyl groups excluding tert-OH is 2. The van der Waals surface area contributed by atoms with Crippen LogP contribution < -0.4 is 0 Å². The smallest absolute Gasteiger partial charge is 0.462 e. The molecule has 0 aliphatic carbocycles. The highest BCUT2D eigenvalue weighted by Crippen LogP contribution is 2.43. The van der Waals surface area contributed by atoms with E-state index in [9.17, 15) is 24.2 Å². The van der Waals surface area contributed by atoms with E-state index < -0.39 is 51.8 Å². The van der Waals surface area contributed by atoms with Crippen molar-refractivity contribution in [1.82, 2.24) is 0 Å². The summed E-state index contributed by atoms with van der Waals surface area (Å²) >= 11 is 0. The van der Waals surface area contributed by atoms with E-state index in [1.54, 1.807) is 0 Å². The van der Waals surface area contributed by atoms with Crippen LogP contribution in [0.4, 0.5) is 0 Å². The zero-order chi connectivity index (χ0) is 39.1. The molecule has 0 aromatic heterocycles. The largest absolute Gasteiger partial charge is 0.472 e. The van der Waals surface area contributed by atoms with Crippen molar-refractivity contribution in [2.75, 3.05) is 26.4 Å². The lowest BCUT2D eigenvalue weighted by molar-refractivity contribution is -0.161. The fraction of sp³-hybridized carbons (Fsp3) is 0.952. The third kappa shape index (κ3) is 39.0. The van der Waals surface area contributed by atoms with Gasteiger partial charge in [0, 0.05) is 12.8 Å². The number of esters is 2. The van der Waals surface area contributed by atoms with Gasteiger partial charge in [-0.25, -0.2) is 4.57 Å². The molecule has 0 amide bonds. The number of rotatable bonds is 42. The first kappa shape index (κ1) is 52.0. The molecule has 0 saturated carbocycles. The molecule has 0 bridgehead atoms. The van der Waals surface area contributed by atoms with Gasteiger partial charge in [0.1, 0.15) is 12.7 Å². The molecule has 3 N–H and O–H groups in total. The van der Waals surface area contributed by atoms with Gasteiger partial charge >= 0.3 is 19.8 Å². The van der Waals surface area contributed by atoms with Crippen LogP contribution in [0.3, 0.4) is 0 Å². The summed E-state index contributed by atoms with van der Waals surface area (Å²) in [6.45, 7) is 2.40. The second-order valence-corrected chi connectivity index (χ2v) is 16.5. The van der Waals surface area contributed by atoms with Crippen molar-refractivity contribution in [3.05, 3.63) is 0 Å². The van der Waals surface area contributed by atoms with Crippen molar-refractivity contribution in [3.8, 4) is 0 Å². The summed E-state index contributed by atoms with van der Waals surface area (Å²) in [4.78, 5) is 34.9. The first-order valence-corrected chi connectivity index (χ1v) is 23.5. The Hall–Kier alpha value is -1.03. The van der Waals surface area contributed by atoms with E-state index in [4.69, 9.17) is 19.1 Å². The van der Waals surface area contributed by atoms with Crippen LogP contribution >= 0.6 is 7.82 Å². The van der Waals surface area contributed by atoms with E-state index >= 15 is 0 Å². The van der Waals surface area contributed by atoms with Gasteiger partial charge in [-0.05, 0) is 12.8 Å². The summed E-state index contributed by atoms with van der Waals surface area (Å²) in [6.07, 6.45) is 35.1. The van der Waals surface area contributed by atoms with E-state index in [2.05, 4.69) is 18.4 Å². The Kier molecular flexibility index (Phi) is 38.5. The minimum atomic E-state index is -4.61. The van der Waals surface area contributed by atoms with E-state index in [0.717, 1.165) is 38.5 Å². The van der Waals surface area contributed by atoms with Gasteiger partial charge < -0.3 is 24.6 Å². The first-order chi connectivity index (χ1) is 25.7. The number of hydrogen-bond donors (Lipinski definition) is 3. The van der Waals surface area contributed by atoms with Crippen molar-refractivity contribution in [3.63, 3.8) is 0 Å². The maximum atomic E-state index is 12.6. The molecule has 11 heteroatoms. The summed E-state index contributed by atoms with van der Waals surface area (Å²) < 4.78 is 32.7. The Labute approximate surface area is 324 Å². The van der Waals surface area contributed by atoms with E-state index in [1.165, 1.54) is 141 Å². The minimum absolute atomic E-state index is 0.192. The number of hydrogen-bond acceptors (Lipinski definition) is 9. The fourth-order valence-electron chi connectivity index (χ4n) is 6.35. The highest BCUT2D eigenvalue weighted by molar-refractivity contribution is 7.47. The molecule has 0 spiro atoms. The molecular weight excluding hydrogens is 695 g/mol. The lowest BCUT2D eigenvalue weighted by Crippen LogP contribution is -2.29. The van der Waals surface area contributed by atoms with Gasteiger partial charge in [0.05, 0.1) is 19.8 Å². The predicted molar refractivity (Wildman–Crippen MR) is 215 cm³/mol. The summed E-state index contributed by atoms with van der Waals surface area (Å²) in [5.41, 5.74) is 0. The van der Waals surface area contributed by atoms with Gasteiger partial charge in [-0.3, -0.25) is 18.6 Å². The van der Waals surface area contributed by atoms with Crippen LogP contribution in [-0.4, -0.2) is 65.7 Å². The highest BCUT2D eigenvalue weighted by Gasteiger charge is 2.27. The predicted octanol–water partition coefficient (Wildman–Crippen LogP) is 11.5. The molecule has 0 rings (SSSR count). The van der Waals surface area contributed by atoms with Gasteiger partial charge in [0.2, 0.25) is 0 Å². The van der Waals surface area contributed by atoms with Crippen LogP contribution in [0.25, 0.3) is 0 Å². The normalized spacial score (nSPS) is 13.8. The molecule has 0 aromatic carbocycles. The molecule has 0 aliphatic heterocycles. The summed E-state index contributed by atoms with van der Waals surface area (Å²) in [7, 11) is -4.61. The number of phosphoric ester groups is 1. The molecule has 0 aromatic rings.